The van der Waals surface area contributed by atoms with Crippen LogP contribution in [0, 0.1) is 0 Å². The maximum atomic E-state index is 11.7. The van der Waals surface area contributed by atoms with E-state index < -0.39 is 10.0 Å². The summed E-state index contributed by atoms with van der Waals surface area (Å²) in [5.41, 5.74) is 3.39. The zero-order chi connectivity index (χ0) is 17.0. The number of sulfonamides is 1. The topological polar surface area (TPSA) is 55.8 Å². The fourth-order valence-corrected chi connectivity index (χ4v) is 3.64. The highest BCUT2D eigenvalue weighted by molar-refractivity contribution is 7.88. The van der Waals surface area contributed by atoms with E-state index in [4.69, 9.17) is 9.47 Å². The Balaban J connectivity index is 1.54. The highest BCUT2D eigenvalue weighted by Gasteiger charge is 2.31. The summed E-state index contributed by atoms with van der Waals surface area (Å²) in [6, 6.07) is 18.1. The Kier molecular flexibility index (Phi) is 5.30. The molecule has 0 unspecified atom stereocenters. The number of ether oxygens (including phenoxy) is 2. The van der Waals surface area contributed by atoms with E-state index in [0.717, 1.165) is 11.1 Å². The third kappa shape index (κ3) is 4.02. The molecule has 0 aromatic heterocycles. The standard InChI is InChI=1S/C18H21NO4S/c1-19-18(13-23-14-24(19,20)21)12-22-11-15-7-9-17(10-8-15)16-5-3-2-4-6-16/h2-10,18H,11-14H2,1H3/t18-/m1/s1. The summed E-state index contributed by atoms with van der Waals surface area (Å²) in [6.07, 6.45) is 0. The maximum Gasteiger partial charge on any atom is 0.238 e. The van der Waals surface area contributed by atoms with Crippen LogP contribution in [-0.4, -0.2) is 45.0 Å². The first kappa shape index (κ1) is 17.1. The Morgan fingerprint density at radius 2 is 1.75 bits per heavy atom. The van der Waals surface area contributed by atoms with Crippen LogP contribution in [0.2, 0.25) is 0 Å². The number of nitrogens with zero attached hydrogens (tertiary/aromatic N) is 1. The van der Waals surface area contributed by atoms with E-state index in [2.05, 4.69) is 24.3 Å². The number of hydrogen-bond acceptors (Lipinski definition) is 4. The van der Waals surface area contributed by atoms with E-state index in [9.17, 15) is 8.42 Å². The molecular weight excluding hydrogens is 326 g/mol. The van der Waals surface area contributed by atoms with Gasteiger partial charge in [0.2, 0.25) is 10.0 Å². The molecule has 2 aromatic rings. The van der Waals surface area contributed by atoms with Gasteiger partial charge >= 0.3 is 0 Å². The van der Waals surface area contributed by atoms with Gasteiger partial charge in [-0.05, 0) is 16.7 Å². The lowest BCUT2D eigenvalue weighted by Gasteiger charge is -2.31. The molecule has 128 valence electrons. The summed E-state index contributed by atoms with van der Waals surface area (Å²) in [5.74, 6) is -0.249. The molecule has 1 fully saturated rings. The van der Waals surface area contributed by atoms with Crippen LogP contribution in [0.4, 0.5) is 0 Å². The average Bonchev–Trinajstić information content (AvgIpc) is 2.60. The molecule has 0 bridgehead atoms. The van der Waals surface area contributed by atoms with Crippen molar-refractivity contribution in [1.29, 1.82) is 0 Å². The molecule has 5 nitrogen and oxygen atoms in total. The molecular formula is C18H21NO4S. The molecule has 24 heavy (non-hydrogen) atoms. The second-order valence-corrected chi connectivity index (χ2v) is 7.82. The lowest BCUT2D eigenvalue weighted by molar-refractivity contribution is 0.0266. The molecule has 1 heterocycles. The van der Waals surface area contributed by atoms with Gasteiger partial charge in [0.05, 0.1) is 25.9 Å². The third-order valence-corrected chi connectivity index (χ3v) is 5.78. The molecule has 0 amide bonds. The van der Waals surface area contributed by atoms with E-state index in [-0.39, 0.29) is 12.0 Å². The molecule has 2 aromatic carbocycles. The molecule has 1 aliphatic rings. The smallest absolute Gasteiger partial charge is 0.238 e. The quantitative estimate of drug-likeness (QED) is 0.834. The fraction of sp³-hybridized carbons (Fsp3) is 0.333. The maximum absolute atomic E-state index is 11.7. The van der Waals surface area contributed by atoms with Crippen LogP contribution in [0.15, 0.2) is 54.6 Å². The second kappa shape index (κ2) is 7.44. The minimum absolute atomic E-state index is 0.249. The molecule has 1 saturated heterocycles. The van der Waals surface area contributed by atoms with Crippen molar-refractivity contribution in [2.45, 2.75) is 12.6 Å². The summed E-state index contributed by atoms with van der Waals surface area (Å²) >= 11 is 0. The van der Waals surface area contributed by atoms with Gasteiger partial charge in [-0.3, -0.25) is 0 Å². The number of likely N-dealkylation sites (N-methyl/N-ethyl adjacent to an activating group) is 1. The number of rotatable bonds is 5. The molecule has 0 N–H and O–H groups in total. The van der Waals surface area contributed by atoms with Gasteiger partial charge in [-0.1, -0.05) is 54.6 Å². The van der Waals surface area contributed by atoms with E-state index in [1.807, 2.05) is 30.3 Å². The molecule has 0 radical (unpaired) electrons. The van der Waals surface area contributed by atoms with Crippen molar-refractivity contribution in [2.75, 3.05) is 26.2 Å². The van der Waals surface area contributed by atoms with Gasteiger partial charge < -0.3 is 9.47 Å². The Bertz CT molecular complexity index is 759. The molecule has 1 aliphatic heterocycles. The van der Waals surface area contributed by atoms with Crippen molar-refractivity contribution in [3.8, 4) is 11.1 Å². The first-order chi connectivity index (χ1) is 11.6. The Morgan fingerprint density at radius 3 is 2.46 bits per heavy atom. The average molecular weight is 347 g/mol. The van der Waals surface area contributed by atoms with Crippen molar-refractivity contribution in [2.24, 2.45) is 0 Å². The Morgan fingerprint density at radius 1 is 1.08 bits per heavy atom. The molecule has 6 heteroatoms. The second-order valence-electron chi connectivity index (χ2n) is 5.85. The first-order valence-electron chi connectivity index (χ1n) is 7.82. The Labute approximate surface area is 142 Å². The van der Waals surface area contributed by atoms with Crippen molar-refractivity contribution in [1.82, 2.24) is 4.31 Å². The highest BCUT2D eigenvalue weighted by atomic mass is 32.2. The Hall–Kier alpha value is -1.73. The molecule has 0 aliphatic carbocycles. The van der Waals surface area contributed by atoms with Crippen LogP contribution in [0.1, 0.15) is 5.56 Å². The normalized spacial score (nSPS) is 20.8. The van der Waals surface area contributed by atoms with Crippen molar-refractivity contribution >= 4 is 10.0 Å². The van der Waals surface area contributed by atoms with Gasteiger partial charge in [0.25, 0.3) is 0 Å². The molecule has 3 rings (SSSR count). The minimum Gasteiger partial charge on any atom is -0.375 e. The zero-order valence-electron chi connectivity index (χ0n) is 13.6. The van der Waals surface area contributed by atoms with Crippen molar-refractivity contribution in [3.05, 3.63) is 60.2 Å². The molecule has 1 atom stereocenters. The van der Waals surface area contributed by atoms with Crippen molar-refractivity contribution < 1.29 is 17.9 Å². The monoisotopic (exact) mass is 347 g/mol. The SMILES string of the molecule is CN1[C@H](COCc2ccc(-c3ccccc3)cc2)COCS1(=O)=O. The van der Waals surface area contributed by atoms with Crippen LogP contribution < -0.4 is 0 Å². The van der Waals surface area contributed by atoms with E-state index >= 15 is 0 Å². The summed E-state index contributed by atoms with van der Waals surface area (Å²) in [7, 11) is -1.74. The first-order valence-corrected chi connectivity index (χ1v) is 9.43. The van der Waals surface area contributed by atoms with Crippen molar-refractivity contribution in [3.63, 3.8) is 0 Å². The lowest BCUT2D eigenvalue weighted by atomic mass is 10.0. The fourth-order valence-electron chi connectivity index (χ4n) is 2.59. The van der Waals surface area contributed by atoms with E-state index in [1.165, 1.54) is 9.87 Å². The lowest BCUT2D eigenvalue weighted by Crippen LogP contribution is -2.48. The van der Waals surface area contributed by atoms with Gasteiger partial charge in [-0.15, -0.1) is 0 Å². The third-order valence-electron chi connectivity index (χ3n) is 4.14. The number of benzene rings is 2. The highest BCUT2D eigenvalue weighted by Crippen LogP contribution is 2.20. The minimum atomic E-state index is -3.31. The van der Waals surface area contributed by atoms with Gasteiger partial charge in [0, 0.05) is 7.05 Å². The van der Waals surface area contributed by atoms with Gasteiger partial charge in [0.1, 0.15) is 0 Å². The van der Waals surface area contributed by atoms with Crippen LogP contribution in [0.25, 0.3) is 11.1 Å². The zero-order valence-corrected chi connectivity index (χ0v) is 14.4. The predicted molar refractivity (Wildman–Crippen MR) is 92.8 cm³/mol. The molecule has 0 saturated carbocycles. The molecule has 0 spiro atoms. The van der Waals surface area contributed by atoms with E-state index in [0.29, 0.717) is 19.8 Å². The van der Waals surface area contributed by atoms with Crippen LogP contribution in [-0.2, 0) is 26.1 Å². The van der Waals surface area contributed by atoms with Crippen LogP contribution in [0.3, 0.4) is 0 Å². The van der Waals surface area contributed by atoms with E-state index in [1.54, 1.807) is 7.05 Å². The van der Waals surface area contributed by atoms with Gasteiger partial charge in [-0.25, -0.2) is 8.42 Å². The largest absolute Gasteiger partial charge is 0.375 e. The summed E-state index contributed by atoms with van der Waals surface area (Å²) in [4.78, 5) is 0. The van der Waals surface area contributed by atoms with Crippen LogP contribution >= 0.6 is 0 Å². The summed E-state index contributed by atoms with van der Waals surface area (Å²) < 4.78 is 35.6. The van der Waals surface area contributed by atoms with Gasteiger partial charge in [-0.2, -0.15) is 4.31 Å². The number of hydrogen-bond donors (Lipinski definition) is 0. The van der Waals surface area contributed by atoms with Gasteiger partial charge in [0.15, 0.2) is 5.94 Å². The van der Waals surface area contributed by atoms with Crippen LogP contribution in [0.5, 0.6) is 0 Å². The summed E-state index contributed by atoms with van der Waals surface area (Å²) in [6.45, 7) is 1.12. The predicted octanol–water partition coefficient (Wildman–Crippen LogP) is 2.49. The summed E-state index contributed by atoms with van der Waals surface area (Å²) in [5, 5.41) is 0.